The van der Waals surface area contributed by atoms with Crippen LogP contribution in [0.25, 0.3) is 0 Å². The molecule has 1 aliphatic rings. The van der Waals surface area contributed by atoms with E-state index in [1.165, 1.54) is 25.7 Å². The summed E-state index contributed by atoms with van der Waals surface area (Å²) in [5.74, 6) is 0. The van der Waals surface area contributed by atoms with Crippen molar-refractivity contribution in [2.45, 2.75) is 64.9 Å². The lowest BCUT2D eigenvalue weighted by atomic mass is 9.77. The number of aliphatic hydroxyl groups is 1. The Kier molecular flexibility index (Phi) is 2.82. The second-order valence-electron chi connectivity index (χ2n) is 5.05. The van der Waals surface area contributed by atoms with E-state index in [2.05, 4.69) is 13.8 Å². The molecule has 0 aromatic carbocycles. The van der Waals surface area contributed by atoms with Crippen molar-refractivity contribution in [2.24, 2.45) is 5.41 Å². The minimum Gasteiger partial charge on any atom is -0.390 e. The zero-order chi connectivity index (χ0) is 9.24. The molecule has 1 aliphatic carbocycles. The maximum atomic E-state index is 9.95. The van der Waals surface area contributed by atoms with Crippen LogP contribution < -0.4 is 0 Å². The topological polar surface area (TPSA) is 20.2 Å². The highest BCUT2D eigenvalue weighted by atomic mass is 16.3. The molecule has 0 spiro atoms. The second-order valence-corrected chi connectivity index (χ2v) is 5.05. The van der Waals surface area contributed by atoms with Gasteiger partial charge in [0.15, 0.2) is 0 Å². The first-order valence-corrected chi connectivity index (χ1v) is 5.20. The molecular weight excluding hydrogens is 148 g/mol. The van der Waals surface area contributed by atoms with Crippen molar-refractivity contribution < 1.29 is 5.11 Å². The van der Waals surface area contributed by atoms with E-state index in [1.54, 1.807) is 0 Å². The molecule has 1 unspecified atom stereocenters. The minimum atomic E-state index is -0.431. The predicted octanol–water partition coefficient (Wildman–Crippen LogP) is 3.12. The van der Waals surface area contributed by atoms with Gasteiger partial charge < -0.3 is 5.11 Å². The summed E-state index contributed by atoms with van der Waals surface area (Å²) in [7, 11) is 0. The Labute approximate surface area is 76.2 Å². The number of hydrogen-bond acceptors (Lipinski definition) is 1. The summed E-state index contributed by atoms with van der Waals surface area (Å²) >= 11 is 0. The van der Waals surface area contributed by atoms with Crippen molar-refractivity contribution in [1.82, 2.24) is 0 Å². The fourth-order valence-corrected chi connectivity index (χ4v) is 2.45. The van der Waals surface area contributed by atoms with Gasteiger partial charge in [0.2, 0.25) is 0 Å². The molecule has 1 heteroatoms. The fourth-order valence-electron chi connectivity index (χ4n) is 2.45. The summed E-state index contributed by atoms with van der Waals surface area (Å²) in [6.07, 6.45) is 7.19. The maximum Gasteiger partial charge on any atom is 0.0622 e. The van der Waals surface area contributed by atoms with Gasteiger partial charge in [-0.3, -0.25) is 0 Å². The van der Waals surface area contributed by atoms with Gasteiger partial charge in [-0.2, -0.15) is 0 Å². The molecule has 1 saturated carbocycles. The molecule has 0 radical (unpaired) electrons. The highest BCUT2D eigenvalue weighted by molar-refractivity contribution is 4.87. The Morgan fingerprint density at radius 3 is 2.25 bits per heavy atom. The summed E-state index contributed by atoms with van der Waals surface area (Å²) in [6, 6.07) is 0. The lowest BCUT2D eigenvalue weighted by molar-refractivity contribution is 0.00804. The van der Waals surface area contributed by atoms with E-state index >= 15 is 0 Å². The molecule has 1 nitrogen and oxygen atoms in total. The molecule has 1 N–H and O–H groups in total. The third-order valence-electron chi connectivity index (χ3n) is 3.38. The zero-order valence-electron chi connectivity index (χ0n) is 8.69. The summed E-state index contributed by atoms with van der Waals surface area (Å²) in [6.45, 7) is 6.36. The molecule has 1 fully saturated rings. The average Bonchev–Trinajstić information content (AvgIpc) is 2.35. The molecule has 0 bridgehead atoms. The van der Waals surface area contributed by atoms with Gasteiger partial charge in [-0.1, -0.05) is 26.7 Å². The van der Waals surface area contributed by atoms with Crippen molar-refractivity contribution >= 4 is 0 Å². The highest BCUT2D eigenvalue weighted by Gasteiger charge is 2.34. The largest absolute Gasteiger partial charge is 0.390 e. The van der Waals surface area contributed by atoms with Crippen LogP contribution in [0.2, 0.25) is 0 Å². The van der Waals surface area contributed by atoms with E-state index in [0.29, 0.717) is 5.41 Å². The Balaban J connectivity index is 2.48. The third-order valence-corrected chi connectivity index (χ3v) is 3.38. The van der Waals surface area contributed by atoms with Crippen LogP contribution in [0.5, 0.6) is 0 Å². The van der Waals surface area contributed by atoms with Gasteiger partial charge in [0.25, 0.3) is 0 Å². The normalized spacial score (nSPS) is 27.0. The molecule has 1 rings (SSSR count). The summed E-state index contributed by atoms with van der Waals surface area (Å²) in [4.78, 5) is 0. The van der Waals surface area contributed by atoms with Gasteiger partial charge in [-0.15, -0.1) is 0 Å². The Hall–Kier alpha value is -0.0400. The second kappa shape index (κ2) is 3.37. The molecule has 0 heterocycles. The van der Waals surface area contributed by atoms with E-state index in [0.717, 1.165) is 12.8 Å². The minimum absolute atomic E-state index is 0.430. The lowest BCUT2D eigenvalue weighted by Crippen LogP contribution is -2.30. The van der Waals surface area contributed by atoms with Crippen molar-refractivity contribution in [3.8, 4) is 0 Å². The van der Waals surface area contributed by atoms with E-state index in [4.69, 9.17) is 0 Å². The first kappa shape index (κ1) is 10.0. The maximum absolute atomic E-state index is 9.95. The van der Waals surface area contributed by atoms with Crippen molar-refractivity contribution in [3.63, 3.8) is 0 Å². The molecule has 12 heavy (non-hydrogen) atoms. The highest BCUT2D eigenvalue weighted by Crippen LogP contribution is 2.44. The van der Waals surface area contributed by atoms with E-state index < -0.39 is 5.60 Å². The van der Waals surface area contributed by atoms with Crippen molar-refractivity contribution in [3.05, 3.63) is 0 Å². The molecule has 72 valence electrons. The molecule has 0 amide bonds. The Morgan fingerprint density at radius 1 is 1.33 bits per heavy atom. The van der Waals surface area contributed by atoms with Crippen LogP contribution in [0.4, 0.5) is 0 Å². The van der Waals surface area contributed by atoms with E-state index in [-0.39, 0.29) is 0 Å². The van der Waals surface area contributed by atoms with Crippen molar-refractivity contribution in [2.75, 3.05) is 0 Å². The lowest BCUT2D eigenvalue weighted by Gasteiger charge is -2.32. The predicted molar refractivity (Wildman–Crippen MR) is 52.1 cm³/mol. The number of rotatable bonds is 3. The summed E-state index contributed by atoms with van der Waals surface area (Å²) < 4.78 is 0. The van der Waals surface area contributed by atoms with E-state index in [9.17, 15) is 5.11 Å². The van der Waals surface area contributed by atoms with Gasteiger partial charge in [-0.05, 0) is 38.0 Å². The molecule has 0 aliphatic heterocycles. The molecule has 0 saturated heterocycles. The van der Waals surface area contributed by atoms with Crippen LogP contribution in [0, 0.1) is 5.41 Å². The number of hydrogen-bond donors (Lipinski definition) is 1. The zero-order valence-corrected chi connectivity index (χ0v) is 8.69. The first-order valence-electron chi connectivity index (χ1n) is 5.20. The van der Waals surface area contributed by atoms with Crippen LogP contribution >= 0.6 is 0 Å². The van der Waals surface area contributed by atoms with Crippen LogP contribution in [0.1, 0.15) is 59.3 Å². The van der Waals surface area contributed by atoms with Crippen LogP contribution in [0.3, 0.4) is 0 Å². The molecule has 0 aromatic heterocycles. The Bertz CT molecular complexity index is 143. The van der Waals surface area contributed by atoms with Gasteiger partial charge in [0.1, 0.15) is 0 Å². The third kappa shape index (κ3) is 2.48. The molecule has 1 atom stereocenters. The Morgan fingerprint density at radius 2 is 1.83 bits per heavy atom. The van der Waals surface area contributed by atoms with Crippen LogP contribution in [0.15, 0.2) is 0 Å². The van der Waals surface area contributed by atoms with Crippen LogP contribution in [-0.2, 0) is 0 Å². The van der Waals surface area contributed by atoms with Crippen LogP contribution in [-0.4, -0.2) is 10.7 Å². The quantitative estimate of drug-likeness (QED) is 0.690. The SMILES string of the molecule is CCC(C)(O)CC1(C)CCCC1. The fraction of sp³-hybridized carbons (Fsp3) is 1.00. The smallest absolute Gasteiger partial charge is 0.0622 e. The summed E-state index contributed by atoms with van der Waals surface area (Å²) in [5, 5.41) is 9.95. The average molecular weight is 170 g/mol. The first-order chi connectivity index (χ1) is 5.47. The van der Waals surface area contributed by atoms with E-state index in [1.807, 2.05) is 6.92 Å². The van der Waals surface area contributed by atoms with Gasteiger partial charge in [0, 0.05) is 0 Å². The van der Waals surface area contributed by atoms with Gasteiger partial charge in [-0.25, -0.2) is 0 Å². The monoisotopic (exact) mass is 170 g/mol. The van der Waals surface area contributed by atoms with Crippen molar-refractivity contribution in [1.29, 1.82) is 0 Å². The van der Waals surface area contributed by atoms with Gasteiger partial charge >= 0.3 is 0 Å². The molecular formula is C11H22O. The standard InChI is InChI=1S/C11H22O/c1-4-11(3,12)9-10(2)7-5-6-8-10/h12H,4-9H2,1-3H3. The summed E-state index contributed by atoms with van der Waals surface area (Å²) in [5.41, 5.74) is -0.00139. The molecule has 0 aromatic rings. The van der Waals surface area contributed by atoms with Gasteiger partial charge in [0.05, 0.1) is 5.60 Å².